The van der Waals surface area contributed by atoms with E-state index in [2.05, 4.69) is 15.5 Å². The van der Waals surface area contributed by atoms with Gasteiger partial charge in [0.05, 0.1) is 10.7 Å². The smallest absolute Gasteiger partial charge is 0.274 e. The van der Waals surface area contributed by atoms with Gasteiger partial charge in [-0.25, -0.2) is 4.39 Å². The lowest BCUT2D eigenvalue weighted by Crippen LogP contribution is -2.19. The molecule has 0 aliphatic carbocycles. The van der Waals surface area contributed by atoms with Crippen LogP contribution in [0.1, 0.15) is 0 Å². The lowest BCUT2D eigenvalue weighted by Gasteiger charge is -2.09. The summed E-state index contributed by atoms with van der Waals surface area (Å²) in [7, 11) is 0. The molecule has 1 N–H and O–H groups in total. The molecule has 146 valence electrons. The topological polar surface area (TPSA) is 73.0 Å². The number of aromatic nitrogens is 3. The van der Waals surface area contributed by atoms with E-state index in [1.807, 2.05) is 6.07 Å². The minimum absolute atomic E-state index is 0.0515. The molecule has 2 aromatic carbocycles. The Morgan fingerprint density at radius 3 is 2.83 bits per heavy atom. The second kappa shape index (κ2) is 8.06. The number of anilines is 1. The van der Waals surface area contributed by atoms with Crippen LogP contribution in [-0.4, -0.2) is 20.6 Å². The summed E-state index contributed by atoms with van der Waals surface area (Å²) >= 11 is 12.0. The van der Waals surface area contributed by atoms with Crippen molar-refractivity contribution in [1.82, 2.24) is 14.7 Å². The van der Waals surface area contributed by atoms with E-state index in [4.69, 9.17) is 27.7 Å². The molecule has 9 heteroatoms. The van der Waals surface area contributed by atoms with E-state index in [1.54, 1.807) is 41.1 Å². The van der Waals surface area contributed by atoms with Crippen molar-refractivity contribution < 1.29 is 13.7 Å². The Kier molecular flexibility index (Phi) is 5.33. The highest BCUT2D eigenvalue weighted by Crippen LogP contribution is 2.25. The molecule has 0 aliphatic rings. The maximum Gasteiger partial charge on any atom is 0.274 e. The van der Waals surface area contributed by atoms with E-state index in [0.717, 1.165) is 6.07 Å². The fourth-order valence-corrected chi connectivity index (χ4v) is 3.11. The van der Waals surface area contributed by atoms with Crippen LogP contribution >= 0.6 is 23.2 Å². The largest absolute Gasteiger partial charge is 0.334 e. The molecule has 0 aliphatic heterocycles. The molecule has 1 amide bonds. The van der Waals surface area contributed by atoms with Crippen LogP contribution in [0.25, 0.3) is 23.0 Å². The molecule has 0 radical (unpaired) electrons. The van der Waals surface area contributed by atoms with Crippen LogP contribution in [0, 0.1) is 5.82 Å². The maximum absolute atomic E-state index is 13.4. The Morgan fingerprint density at radius 2 is 2.00 bits per heavy atom. The van der Waals surface area contributed by atoms with Crippen molar-refractivity contribution in [1.29, 1.82) is 0 Å². The first-order valence-corrected chi connectivity index (χ1v) is 9.25. The van der Waals surface area contributed by atoms with E-state index in [9.17, 15) is 9.18 Å². The minimum atomic E-state index is -0.495. The zero-order valence-electron chi connectivity index (χ0n) is 14.8. The first kappa shape index (κ1) is 19.2. The van der Waals surface area contributed by atoms with Gasteiger partial charge in [0.15, 0.2) is 0 Å². The van der Waals surface area contributed by atoms with E-state index in [1.165, 1.54) is 12.1 Å². The van der Waals surface area contributed by atoms with Crippen molar-refractivity contribution in [2.75, 3.05) is 5.32 Å². The Bertz CT molecular complexity index is 1190. The van der Waals surface area contributed by atoms with Gasteiger partial charge in [0, 0.05) is 16.8 Å². The number of benzene rings is 2. The Balaban J connectivity index is 1.53. The summed E-state index contributed by atoms with van der Waals surface area (Å²) in [4.78, 5) is 16.8. The third kappa shape index (κ3) is 4.31. The third-order valence-corrected chi connectivity index (χ3v) is 4.64. The number of halogens is 3. The van der Waals surface area contributed by atoms with Crippen LogP contribution in [0.15, 0.2) is 65.3 Å². The van der Waals surface area contributed by atoms with Crippen LogP contribution in [0.2, 0.25) is 10.0 Å². The second-order valence-corrected chi connectivity index (χ2v) is 6.97. The fraction of sp³-hybridized carbons (Fsp3) is 0.0500. The molecule has 0 unspecified atom stereocenters. The van der Waals surface area contributed by atoms with Gasteiger partial charge in [0.2, 0.25) is 11.7 Å². The van der Waals surface area contributed by atoms with Crippen LogP contribution in [0.4, 0.5) is 10.1 Å². The molecule has 4 aromatic rings. The Morgan fingerprint density at radius 1 is 1.14 bits per heavy atom. The first-order valence-electron chi connectivity index (χ1n) is 8.49. The predicted molar refractivity (Wildman–Crippen MR) is 108 cm³/mol. The molecule has 0 bridgehead atoms. The number of amides is 1. The van der Waals surface area contributed by atoms with Crippen molar-refractivity contribution >= 4 is 34.8 Å². The Labute approximate surface area is 174 Å². The summed E-state index contributed by atoms with van der Waals surface area (Å²) < 4.78 is 20.4. The molecule has 4 rings (SSSR count). The summed E-state index contributed by atoms with van der Waals surface area (Å²) in [5.41, 5.74) is 1.47. The van der Waals surface area contributed by atoms with E-state index < -0.39 is 5.82 Å². The van der Waals surface area contributed by atoms with Gasteiger partial charge in [0.25, 0.3) is 5.89 Å². The number of nitrogens with zero attached hydrogens (tertiary/aromatic N) is 3. The van der Waals surface area contributed by atoms with Crippen molar-refractivity contribution in [3.05, 3.63) is 76.7 Å². The molecule has 29 heavy (non-hydrogen) atoms. The summed E-state index contributed by atoms with van der Waals surface area (Å²) in [5, 5.41) is 7.37. The summed E-state index contributed by atoms with van der Waals surface area (Å²) in [6, 6.07) is 14.3. The lowest BCUT2D eigenvalue weighted by molar-refractivity contribution is -0.116. The highest BCUT2D eigenvalue weighted by molar-refractivity contribution is 6.33. The van der Waals surface area contributed by atoms with Gasteiger partial charge in [0.1, 0.15) is 18.1 Å². The monoisotopic (exact) mass is 430 g/mol. The number of carbonyl (C=O) groups excluding carboxylic acids is 1. The Hall–Kier alpha value is -3.16. The minimum Gasteiger partial charge on any atom is -0.334 e. The fourth-order valence-electron chi connectivity index (χ4n) is 2.76. The average molecular weight is 431 g/mol. The molecule has 2 aromatic heterocycles. The number of hydrogen-bond donors (Lipinski definition) is 1. The number of carbonyl (C=O) groups is 1. The molecule has 0 fully saturated rings. The van der Waals surface area contributed by atoms with Crippen molar-refractivity contribution in [3.63, 3.8) is 0 Å². The van der Waals surface area contributed by atoms with Crippen molar-refractivity contribution in [3.8, 4) is 23.0 Å². The first-order chi connectivity index (χ1) is 14.0. The quantitative estimate of drug-likeness (QED) is 0.466. The lowest BCUT2D eigenvalue weighted by atomic mass is 10.2. The highest BCUT2D eigenvalue weighted by Gasteiger charge is 2.16. The van der Waals surface area contributed by atoms with Crippen LogP contribution in [-0.2, 0) is 11.3 Å². The molecule has 2 heterocycles. The average Bonchev–Trinajstić information content (AvgIpc) is 3.34. The normalized spacial score (nSPS) is 10.9. The molecular weight excluding hydrogens is 418 g/mol. The van der Waals surface area contributed by atoms with Gasteiger partial charge in [-0.05, 0) is 42.5 Å². The number of hydrogen-bond acceptors (Lipinski definition) is 4. The molecule has 0 saturated heterocycles. The van der Waals surface area contributed by atoms with Gasteiger partial charge in [-0.2, -0.15) is 4.98 Å². The predicted octanol–water partition coefficient (Wildman–Crippen LogP) is 5.29. The second-order valence-electron chi connectivity index (χ2n) is 6.13. The summed E-state index contributed by atoms with van der Waals surface area (Å²) in [6.45, 7) is -0.0515. The standard InChI is InChI=1S/C20H13Cl2FN4O2/c21-13-4-1-3-12(9-13)19-25-20(29-26-19)17-5-2-8-27(17)11-18(28)24-16-10-14(23)6-7-15(16)22/h1-10H,11H2,(H,24,28). The van der Waals surface area contributed by atoms with E-state index in [0.29, 0.717) is 22.1 Å². The molecule has 0 spiro atoms. The molecular formula is C20H13Cl2FN4O2. The van der Waals surface area contributed by atoms with E-state index >= 15 is 0 Å². The number of rotatable bonds is 5. The van der Waals surface area contributed by atoms with Gasteiger partial charge >= 0.3 is 0 Å². The summed E-state index contributed by atoms with van der Waals surface area (Å²) in [6.07, 6.45) is 1.70. The SMILES string of the molecule is O=C(Cn1cccc1-c1nc(-c2cccc(Cl)c2)no1)Nc1cc(F)ccc1Cl. The molecule has 0 atom stereocenters. The van der Waals surface area contributed by atoms with Gasteiger partial charge in [-0.15, -0.1) is 0 Å². The zero-order valence-corrected chi connectivity index (χ0v) is 16.3. The summed E-state index contributed by atoms with van der Waals surface area (Å²) in [5.74, 6) is -0.247. The molecule has 0 saturated carbocycles. The third-order valence-electron chi connectivity index (χ3n) is 4.07. The van der Waals surface area contributed by atoms with Gasteiger partial charge in [-0.1, -0.05) is 40.5 Å². The van der Waals surface area contributed by atoms with Crippen LogP contribution in [0.3, 0.4) is 0 Å². The van der Waals surface area contributed by atoms with Crippen molar-refractivity contribution in [2.24, 2.45) is 0 Å². The number of nitrogens with one attached hydrogen (secondary N) is 1. The van der Waals surface area contributed by atoms with E-state index in [-0.39, 0.29) is 29.1 Å². The maximum atomic E-state index is 13.4. The van der Waals surface area contributed by atoms with Gasteiger partial charge in [-0.3, -0.25) is 4.79 Å². The molecule has 6 nitrogen and oxygen atoms in total. The van der Waals surface area contributed by atoms with Crippen LogP contribution < -0.4 is 5.32 Å². The van der Waals surface area contributed by atoms with Crippen molar-refractivity contribution in [2.45, 2.75) is 6.54 Å². The van der Waals surface area contributed by atoms with Crippen LogP contribution in [0.5, 0.6) is 0 Å². The highest BCUT2D eigenvalue weighted by atomic mass is 35.5. The van der Waals surface area contributed by atoms with Gasteiger partial charge < -0.3 is 14.4 Å². The zero-order chi connectivity index (χ0) is 20.4.